The smallest absolute Gasteiger partial charge is 0.273 e. The molecule has 0 spiro atoms. The topological polar surface area (TPSA) is 80.3 Å². The molecule has 0 radical (unpaired) electrons. The van der Waals surface area contributed by atoms with Crippen LogP contribution in [0.2, 0.25) is 0 Å². The van der Waals surface area contributed by atoms with Crippen molar-refractivity contribution in [1.29, 1.82) is 0 Å². The van der Waals surface area contributed by atoms with E-state index in [1.54, 1.807) is 18.2 Å². The normalized spacial score (nSPS) is 10.6. The second kappa shape index (κ2) is 7.42. The van der Waals surface area contributed by atoms with E-state index in [4.69, 9.17) is 8.94 Å². The highest BCUT2D eigenvalue weighted by atomic mass is 16.5. The van der Waals surface area contributed by atoms with Crippen molar-refractivity contribution in [1.82, 2.24) is 15.8 Å². The molecule has 0 saturated carbocycles. The third-order valence-corrected chi connectivity index (χ3v) is 3.27. The first kappa shape index (κ1) is 15.1. The number of aromatic nitrogens is 1. The van der Waals surface area contributed by atoms with E-state index in [9.17, 15) is 4.79 Å². The van der Waals surface area contributed by atoms with E-state index in [1.165, 1.54) is 11.8 Å². The van der Waals surface area contributed by atoms with Gasteiger partial charge >= 0.3 is 0 Å². The van der Waals surface area contributed by atoms with E-state index in [0.29, 0.717) is 24.6 Å². The molecule has 2 heterocycles. The van der Waals surface area contributed by atoms with Gasteiger partial charge in [0.1, 0.15) is 0 Å². The Labute approximate surface area is 133 Å². The summed E-state index contributed by atoms with van der Waals surface area (Å²) in [7, 11) is 0. The predicted molar refractivity (Wildman–Crippen MR) is 84.7 cm³/mol. The van der Waals surface area contributed by atoms with Crippen LogP contribution < -0.4 is 10.6 Å². The first-order valence-corrected chi connectivity index (χ1v) is 7.36. The zero-order valence-corrected chi connectivity index (χ0v) is 12.5. The van der Waals surface area contributed by atoms with Crippen LogP contribution in [0, 0.1) is 0 Å². The lowest BCUT2D eigenvalue weighted by Crippen LogP contribution is -2.31. The minimum atomic E-state index is -0.270. The van der Waals surface area contributed by atoms with Crippen molar-refractivity contribution < 1.29 is 13.7 Å². The van der Waals surface area contributed by atoms with Gasteiger partial charge in [-0.05, 0) is 17.7 Å². The highest BCUT2D eigenvalue weighted by Crippen LogP contribution is 2.20. The summed E-state index contributed by atoms with van der Waals surface area (Å²) in [6, 6.07) is 15.1. The van der Waals surface area contributed by atoms with Crippen molar-refractivity contribution in [2.24, 2.45) is 0 Å². The molecule has 23 heavy (non-hydrogen) atoms. The maximum atomic E-state index is 12.0. The van der Waals surface area contributed by atoms with Crippen molar-refractivity contribution >= 4 is 5.91 Å². The summed E-state index contributed by atoms with van der Waals surface area (Å²) in [6.45, 7) is 1.95. The van der Waals surface area contributed by atoms with Crippen molar-refractivity contribution in [2.45, 2.75) is 6.54 Å². The Bertz CT molecular complexity index is 736. The van der Waals surface area contributed by atoms with E-state index in [0.717, 1.165) is 6.54 Å². The van der Waals surface area contributed by atoms with Gasteiger partial charge in [0.15, 0.2) is 11.5 Å². The molecule has 6 heteroatoms. The number of rotatable bonds is 7. The summed E-state index contributed by atoms with van der Waals surface area (Å²) < 4.78 is 10.3. The fraction of sp³-hybridized carbons (Fsp3) is 0.176. The van der Waals surface area contributed by atoms with Crippen LogP contribution in [0.25, 0.3) is 11.5 Å². The molecule has 2 N–H and O–H groups in total. The summed E-state index contributed by atoms with van der Waals surface area (Å²) in [5, 5.41) is 9.80. The van der Waals surface area contributed by atoms with Crippen LogP contribution in [-0.2, 0) is 6.54 Å². The zero-order chi connectivity index (χ0) is 15.9. The Morgan fingerprint density at radius 3 is 2.70 bits per heavy atom. The molecule has 118 valence electrons. The largest absolute Gasteiger partial charge is 0.461 e. The number of benzene rings is 1. The van der Waals surface area contributed by atoms with E-state index in [-0.39, 0.29) is 11.6 Å². The first-order chi connectivity index (χ1) is 11.3. The standard InChI is InChI=1S/C17H17N3O3/c21-17(14-11-16(23-20-14)15-7-4-10-22-15)19-9-8-18-12-13-5-2-1-3-6-13/h1-7,10-11,18H,8-9,12H2,(H,19,21). The van der Waals surface area contributed by atoms with Gasteiger partial charge in [-0.2, -0.15) is 0 Å². The third kappa shape index (κ3) is 4.08. The SMILES string of the molecule is O=C(NCCNCc1ccccc1)c1cc(-c2ccco2)on1. The average molecular weight is 311 g/mol. The average Bonchev–Trinajstić information content (AvgIpc) is 3.26. The van der Waals surface area contributed by atoms with Gasteiger partial charge in [0, 0.05) is 25.7 Å². The number of nitrogens with zero attached hydrogens (tertiary/aromatic N) is 1. The molecule has 3 rings (SSSR count). The van der Waals surface area contributed by atoms with E-state index in [2.05, 4.69) is 27.9 Å². The molecule has 0 bridgehead atoms. The molecule has 0 aliphatic rings. The van der Waals surface area contributed by atoms with Gasteiger partial charge in [-0.25, -0.2) is 0 Å². The van der Waals surface area contributed by atoms with Gasteiger partial charge in [-0.15, -0.1) is 0 Å². The van der Waals surface area contributed by atoms with E-state index >= 15 is 0 Å². The van der Waals surface area contributed by atoms with Gasteiger partial charge in [-0.3, -0.25) is 4.79 Å². The van der Waals surface area contributed by atoms with Crippen molar-refractivity contribution in [2.75, 3.05) is 13.1 Å². The Hall–Kier alpha value is -2.86. The van der Waals surface area contributed by atoms with Crippen molar-refractivity contribution in [3.8, 4) is 11.5 Å². The fourth-order valence-electron chi connectivity index (χ4n) is 2.10. The lowest BCUT2D eigenvalue weighted by atomic mass is 10.2. The van der Waals surface area contributed by atoms with Gasteiger partial charge in [0.25, 0.3) is 5.91 Å². The van der Waals surface area contributed by atoms with Crippen LogP contribution in [0.4, 0.5) is 0 Å². The minimum absolute atomic E-state index is 0.236. The third-order valence-electron chi connectivity index (χ3n) is 3.27. The Kier molecular flexibility index (Phi) is 4.85. The Balaban J connectivity index is 1.41. The van der Waals surface area contributed by atoms with Crippen molar-refractivity contribution in [3.05, 3.63) is 66.1 Å². The summed E-state index contributed by atoms with van der Waals surface area (Å²) >= 11 is 0. The summed E-state index contributed by atoms with van der Waals surface area (Å²) in [6.07, 6.45) is 1.54. The van der Waals surface area contributed by atoms with Crippen LogP contribution in [0.5, 0.6) is 0 Å². The molecule has 0 aliphatic heterocycles. The van der Waals surface area contributed by atoms with Gasteiger partial charge in [0.05, 0.1) is 6.26 Å². The predicted octanol–water partition coefficient (Wildman–Crippen LogP) is 2.45. The molecule has 1 aromatic carbocycles. The van der Waals surface area contributed by atoms with Crippen LogP contribution in [0.15, 0.2) is 63.7 Å². The van der Waals surface area contributed by atoms with Gasteiger partial charge in [0.2, 0.25) is 5.76 Å². The van der Waals surface area contributed by atoms with Crippen LogP contribution in [0.1, 0.15) is 16.1 Å². The molecule has 0 saturated heterocycles. The highest BCUT2D eigenvalue weighted by molar-refractivity contribution is 5.92. The Morgan fingerprint density at radius 1 is 1.04 bits per heavy atom. The molecule has 0 aliphatic carbocycles. The molecule has 0 fully saturated rings. The monoisotopic (exact) mass is 311 g/mol. The van der Waals surface area contributed by atoms with E-state index < -0.39 is 0 Å². The number of carbonyl (C=O) groups excluding carboxylic acids is 1. The van der Waals surface area contributed by atoms with Gasteiger partial charge in [-0.1, -0.05) is 35.5 Å². The molecule has 0 atom stereocenters. The lowest BCUT2D eigenvalue weighted by molar-refractivity contribution is 0.0945. The molecule has 2 aromatic heterocycles. The quantitative estimate of drug-likeness (QED) is 0.655. The summed E-state index contributed by atoms with van der Waals surface area (Å²) in [5.74, 6) is 0.705. The molecular formula is C17H17N3O3. The van der Waals surface area contributed by atoms with Crippen LogP contribution in [-0.4, -0.2) is 24.2 Å². The maximum absolute atomic E-state index is 12.0. The zero-order valence-electron chi connectivity index (χ0n) is 12.5. The molecule has 1 amide bonds. The number of carbonyl (C=O) groups is 1. The van der Waals surface area contributed by atoms with Gasteiger partial charge < -0.3 is 19.6 Å². The highest BCUT2D eigenvalue weighted by Gasteiger charge is 2.14. The summed E-state index contributed by atoms with van der Waals surface area (Å²) in [5.41, 5.74) is 1.44. The number of nitrogens with one attached hydrogen (secondary N) is 2. The van der Waals surface area contributed by atoms with Crippen LogP contribution >= 0.6 is 0 Å². The molecule has 6 nitrogen and oxygen atoms in total. The fourth-order valence-corrected chi connectivity index (χ4v) is 2.10. The van der Waals surface area contributed by atoms with Crippen LogP contribution in [0.3, 0.4) is 0 Å². The number of hydrogen-bond acceptors (Lipinski definition) is 5. The molecule has 0 unspecified atom stereocenters. The number of hydrogen-bond donors (Lipinski definition) is 2. The number of amides is 1. The second-order valence-corrected chi connectivity index (χ2v) is 4.97. The first-order valence-electron chi connectivity index (χ1n) is 7.36. The van der Waals surface area contributed by atoms with E-state index in [1.807, 2.05) is 18.2 Å². The number of furan rings is 1. The molecular weight excluding hydrogens is 294 g/mol. The minimum Gasteiger partial charge on any atom is -0.461 e. The Morgan fingerprint density at radius 2 is 1.91 bits per heavy atom. The lowest BCUT2D eigenvalue weighted by Gasteiger charge is -2.05. The second-order valence-electron chi connectivity index (χ2n) is 4.97. The van der Waals surface area contributed by atoms with Crippen molar-refractivity contribution in [3.63, 3.8) is 0 Å². The molecule has 3 aromatic rings. The summed E-state index contributed by atoms with van der Waals surface area (Å²) in [4.78, 5) is 12.0. The maximum Gasteiger partial charge on any atom is 0.273 e.